The van der Waals surface area contributed by atoms with Crippen LogP contribution in [0.4, 0.5) is 8.78 Å². The average molecular weight is 273 g/mol. The second-order valence-electron chi connectivity index (χ2n) is 4.18. The molecular formula is C13H17F2NO3. The molecule has 19 heavy (non-hydrogen) atoms. The lowest BCUT2D eigenvalue weighted by Gasteiger charge is -2.23. The van der Waals surface area contributed by atoms with Crippen LogP contribution in [0.15, 0.2) is 24.3 Å². The van der Waals surface area contributed by atoms with Crippen LogP contribution in [0, 0.1) is 0 Å². The van der Waals surface area contributed by atoms with Crippen LogP contribution in [0.5, 0.6) is 5.75 Å². The van der Waals surface area contributed by atoms with Crippen LogP contribution in [-0.2, 0) is 16.0 Å². The summed E-state index contributed by atoms with van der Waals surface area (Å²) in [5.74, 6) is 0.200. The molecule has 6 heteroatoms. The Labute approximate surface area is 110 Å². The van der Waals surface area contributed by atoms with Gasteiger partial charge in [-0.3, -0.25) is 0 Å². The number of nitrogens with one attached hydrogen (secondary N) is 1. The van der Waals surface area contributed by atoms with Crippen LogP contribution >= 0.6 is 0 Å². The molecule has 4 nitrogen and oxygen atoms in total. The van der Waals surface area contributed by atoms with Gasteiger partial charge in [-0.15, -0.1) is 0 Å². The largest absolute Gasteiger partial charge is 0.434 e. The Morgan fingerprint density at radius 3 is 2.89 bits per heavy atom. The molecule has 1 atom stereocenters. The fourth-order valence-electron chi connectivity index (χ4n) is 1.88. The Morgan fingerprint density at radius 2 is 2.16 bits per heavy atom. The van der Waals surface area contributed by atoms with Crippen molar-refractivity contribution in [3.05, 3.63) is 29.8 Å². The van der Waals surface area contributed by atoms with Gasteiger partial charge in [-0.05, 0) is 6.07 Å². The standard InChI is InChI=1S/C13H17F2NO3/c14-13(15)19-12-4-2-1-3-10(12)7-16-8-11-9-17-5-6-18-11/h1-4,11,13,16H,5-9H2. The van der Waals surface area contributed by atoms with E-state index < -0.39 is 6.61 Å². The van der Waals surface area contributed by atoms with Crippen LogP contribution in [0.3, 0.4) is 0 Å². The van der Waals surface area contributed by atoms with Crippen LogP contribution in [-0.4, -0.2) is 39.1 Å². The molecule has 0 aliphatic carbocycles. The van der Waals surface area contributed by atoms with Gasteiger partial charge in [0.05, 0.1) is 25.9 Å². The smallest absolute Gasteiger partial charge is 0.387 e. The number of para-hydroxylation sites is 1. The van der Waals surface area contributed by atoms with Crippen molar-refractivity contribution in [3.63, 3.8) is 0 Å². The van der Waals surface area contributed by atoms with Crippen molar-refractivity contribution in [1.82, 2.24) is 5.32 Å². The van der Waals surface area contributed by atoms with E-state index in [-0.39, 0.29) is 11.9 Å². The summed E-state index contributed by atoms with van der Waals surface area (Å²) in [6.07, 6.45) is 0.0110. The van der Waals surface area contributed by atoms with Crippen LogP contribution in [0.1, 0.15) is 5.56 Å². The summed E-state index contributed by atoms with van der Waals surface area (Å²) in [5.41, 5.74) is 0.694. The van der Waals surface area contributed by atoms with Crippen molar-refractivity contribution in [1.29, 1.82) is 0 Å². The van der Waals surface area contributed by atoms with Crippen LogP contribution in [0.25, 0.3) is 0 Å². The molecule has 1 aromatic carbocycles. The summed E-state index contributed by atoms with van der Waals surface area (Å²) in [6, 6.07) is 6.74. The molecular weight excluding hydrogens is 256 g/mol. The lowest BCUT2D eigenvalue weighted by Crippen LogP contribution is -2.37. The summed E-state index contributed by atoms with van der Waals surface area (Å²) in [5, 5.41) is 3.16. The van der Waals surface area contributed by atoms with Gasteiger partial charge in [-0.2, -0.15) is 8.78 Å². The lowest BCUT2D eigenvalue weighted by molar-refractivity contribution is -0.0865. The topological polar surface area (TPSA) is 39.7 Å². The predicted molar refractivity (Wildman–Crippen MR) is 65.3 cm³/mol. The summed E-state index contributed by atoms with van der Waals surface area (Å²) < 4.78 is 39.7. The van der Waals surface area contributed by atoms with E-state index in [1.165, 1.54) is 6.07 Å². The highest BCUT2D eigenvalue weighted by atomic mass is 19.3. The molecule has 2 rings (SSSR count). The van der Waals surface area contributed by atoms with Gasteiger partial charge in [-0.25, -0.2) is 0 Å². The van der Waals surface area contributed by atoms with E-state index >= 15 is 0 Å². The molecule has 0 bridgehead atoms. The van der Waals surface area contributed by atoms with Crippen molar-refractivity contribution >= 4 is 0 Å². The number of ether oxygens (including phenoxy) is 3. The second-order valence-corrected chi connectivity index (χ2v) is 4.18. The Hall–Kier alpha value is -1.24. The summed E-state index contributed by atoms with van der Waals surface area (Å²) >= 11 is 0. The normalized spacial score (nSPS) is 19.6. The van der Waals surface area contributed by atoms with Gasteiger partial charge in [0.2, 0.25) is 0 Å². The number of benzene rings is 1. The maximum Gasteiger partial charge on any atom is 0.387 e. The highest BCUT2D eigenvalue weighted by Gasteiger charge is 2.14. The minimum Gasteiger partial charge on any atom is -0.434 e. The first-order valence-corrected chi connectivity index (χ1v) is 6.18. The van der Waals surface area contributed by atoms with E-state index in [4.69, 9.17) is 9.47 Å². The van der Waals surface area contributed by atoms with Crippen LogP contribution < -0.4 is 10.1 Å². The van der Waals surface area contributed by atoms with Gasteiger partial charge < -0.3 is 19.5 Å². The summed E-state index contributed by atoms with van der Waals surface area (Å²) in [7, 11) is 0. The molecule has 0 spiro atoms. The van der Waals surface area contributed by atoms with Gasteiger partial charge in [-0.1, -0.05) is 18.2 Å². The van der Waals surface area contributed by atoms with Gasteiger partial charge >= 0.3 is 6.61 Å². The monoisotopic (exact) mass is 273 g/mol. The second kappa shape index (κ2) is 7.37. The number of alkyl halides is 2. The molecule has 1 aliphatic heterocycles. The molecule has 0 saturated carbocycles. The summed E-state index contributed by atoms with van der Waals surface area (Å²) in [6.45, 7) is 0.0312. The third kappa shape index (κ3) is 4.74. The third-order valence-electron chi connectivity index (χ3n) is 2.76. The molecule has 106 valence electrons. The molecule has 0 aromatic heterocycles. The SMILES string of the molecule is FC(F)Oc1ccccc1CNCC1COCCO1. The Bertz CT molecular complexity index is 384. The van der Waals surface area contributed by atoms with E-state index in [1.54, 1.807) is 18.2 Å². The van der Waals surface area contributed by atoms with Crippen molar-refractivity contribution in [2.24, 2.45) is 0 Å². The number of halogens is 2. The van der Waals surface area contributed by atoms with Crippen molar-refractivity contribution < 1.29 is 23.0 Å². The minimum atomic E-state index is -2.81. The van der Waals surface area contributed by atoms with E-state index in [1.807, 2.05) is 0 Å². The third-order valence-corrected chi connectivity index (χ3v) is 2.76. The fourth-order valence-corrected chi connectivity index (χ4v) is 1.88. The lowest BCUT2D eigenvalue weighted by atomic mass is 10.2. The summed E-state index contributed by atoms with van der Waals surface area (Å²) in [4.78, 5) is 0. The highest BCUT2D eigenvalue weighted by Crippen LogP contribution is 2.19. The quantitative estimate of drug-likeness (QED) is 0.858. The molecule has 1 aliphatic rings. The molecule has 1 unspecified atom stereocenters. The molecule has 1 N–H and O–H groups in total. The maximum atomic E-state index is 12.2. The van der Waals surface area contributed by atoms with Crippen molar-refractivity contribution in [2.75, 3.05) is 26.4 Å². The number of hydrogen-bond acceptors (Lipinski definition) is 4. The van der Waals surface area contributed by atoms with Crippen LogP contribution in [0.2, 0.25) is 0 Å². The maximum absolute atomic E-state index is 12.2. The van der Waals surface area contributed by atoms with Crippen molar-refractivity contribution in [3.8, 4) is 5.75 Å². The molecule has 1 fully saturated rings. The molecule has 1 saturated heterocycles. The Kier molecular flexibility index (Phi) is 5.50. The highest BCUT2D eigenvalue weighted by molar-refractivity contribution is 5.33. The molecule has 1 heterocycles. The number of hydrogen-bond donors (Lipinski definition) is 1. The molecule has 1 aromatic rings. The average Bonchev–Trinajstić information content (AvgIpc) is 2.41. The first kappa shape index (κ1) is 14.2. The van der Waals surface area contributed by atoms with Gasteiger partial charge in [0.1, 0.15) is 5.75 Å². The van der Waals surface area contributed by atoms with E-state index in [0.29, 0.717) is 38.5 Å². The van der Waals surface area contributed by atoms with E-state index in [2.05, 4.69) is 10.1 Å². The predicted octanol–water partition coefficient (Wildman–Crippen LogP) is 1.79. The Balaban J connectivity index is 1.81. The van der Waals surface area contributed by atoms with E-state index in [9.17, 15) is 8.78 Å². The van der Waals surface area contributed by atoms with E-state index in [0.717, 1.165) is 0 Å². The van der Waals surface area contributed by atoms with Crippen molar-refractivity contribution in [2.45, 2.75) is 19.3 Å². The zero-order valence-electron chi connectivity index (χ0n) is 10.5. The fraction of sp³-hybridized carbons (Fsp3) is 0.538. The molecule has 0 amide bonds. The minimum absolute atomic E-state index is 0.0110. The first-order valence-electron chi connectivity index (χ1n) is 6.18. The first-order chi connectivity index (χ1) is 9.25. The van der Waals surface area contributed by atoms with Gasteiger partial charge in [0, 0.05) is 18.7 Å². The Morgan fingerprint density at radius 1 is 1.32 bits per heavy atom. The molecule has 0 radical (unpaired) electrons. The van der Waals surface area contributed by atoms with Gasteiger partial charge in [0.25, 0.3) is 0 Å². The number of rotatable bonds is 6. The zero-order valence-corrected chi connectivity index (χ0v) is 10.5. The zero-order chi connectivity index (χ0) is 13.5. The van der Waals surface area contributed by atoms with Gasteiger partial charge in [0.15, 0.2) is 0 Å².